The maximum absolute atomic E-state index is 11.4. The second-order valence-corrected chi connectivity index (χ2v) is 3.57. The van der Waals surface area contributed by atoms with E-state index in [9.17, 15) is 4.79 Å². The lowest BCUT2D eigenvalue weighted by molar-refractivity contribution is 0.0950. The molecule has 0 unspecified atom stereocenters. The Morgan fingerprint density at radius 3 is 3.00 bits per heavy atom. The van der Waals surface area contributed by atoms with Crippen LogP contribution in [0.4, 0.5) is 0 Å². The van der Waals surface area contributed by atoms with Crippen LogP contribution in [0.3, 0.4) is 0 Å². The van der Waals surface area contributed by atoms with Gasteiger partial charge in [-0.2, -0.15) is 0 Å². The van der Waals surface area contributed by atoms with Gasteiger partial charge in [-0.05, 0) is 22.0 Å². The molecule has 1 heterocycles. The number of nitrogens with zero attached hydrogens (tertiary/aromatic N) is 1. The highest BCUT2D eigenvalue weighted by molar-refractivity contribution is 9.10. The molecule has 4 heteroatoms. The average molecular weight is 243 g/mol. The van der Waals surface area contributed by atoms with Gasteiger partial charge in [-0.3, -0.25) is 4.79 Å². The minimum Gasteiger partial charge on any atom is -0.347 e. The van der Waals surface area contributed by atoms with Crippen molar-refractivity contribution in [3.8, 4) is 0 Å². The molecule has 0 atom stereocenters. The van der Waals surface area contributed by atoms with Crippen molar-refractivity contribution in [2.75, 3.05) is 6.54 Å². The van der Waals surface area contributed by atoms with E-state index in [1.54, 1.807) is 16.7 Å². The third-order valence-corrected chi connectivity index (χ3v) is 2.04. The first-order valence-electron chi connectivity index (χ1n) is 3.86. The molecule has 0 aliphatic heterocycles. The molecule has 70 valence electrons. The van der Waals surface area contributed by atoms with Crippen molar-refractivity contribution in [2.24, 2.45) is 7.05 Å². The fraction of sp³-hybridized carbons (Fsp3) is 0.222. The number of amides is 1. The summed E-state index contributed by atoms with van der Waals surface area (Å²) in [7, 11) is 1.83. The van der Waals surface area contributed by atoms with Crippen LogP contribution in [0.2, 0.25) is 0 Å². The van der Waals surface area contributed by atoms with Crippen LogP contribution in [0.25, 0.3) is 0 Å². The summed E-state index contributed by atoms with van der Waals surface area (Å²) in [5.74, 6) is -0.0897. The van der Waals surface area contributed by atoms with Crippen LogP contribution in [-0.4, -0.2) is 17.0 Å². The van der Waals surface area contributed by atoms with Gasteiger partial charge in [0.15, 0.2) is 0 Å². The molecule has 1 aromatic rings. The van der Waals surface area contributed by atoms with Gasteiger partial charge in [-0.1, -0.05) is 6.08 Å². The van der Waals surface area contributed by atoms with Crippen molar-refractivity contribution < 1.29 is 4.79 Å². The van der Waals surface area contributed by atoms with Crippen molar-refractivity contribution >= 4 is 21.8 Å². The monoisotopic (exact) mass is 242 g/mol. The SMILES string of the molecule is C=CCNC(=O)c1cc(Br)cn1C. The highest BCUT2D eigenvalue weighted by Gasteiger charge is 2.08. The number of carbonyl (C=O) groups excluding carboxylic acids is 1. The Hall–Kier alpha value is -1.03. The summed E-state index contributed by atoms with van der Waals surface area (Å²) in [6, 6.07) is 1.78. The highest BCUT2D eigenvalue weighted by atomic mass is 79.9. The minimum absolute atomic E-state index is 0.0897. The number of nitrogens with one attached hydrogen (secondary N) is 1. The fourth-order valence-electron chi connectivity index (χ4n) is 1.01. The molecule has 0 radical (unpaired) electrons. The summed E-state index contributed by atoms with van der Waals surface area (Å²) in [5.41, 5.74) is 0.633. The largest absolute Gasteiger partial charge is 0.347 e. The van der Waals surface area contributed by atoms with Crippen LogP contribution in [0, 0.1) is 0 Å². The second-order valence-electron chi connectivity index (χ2n) is 2.65. The standard InChI is InChI=1S/C9H11BrN2O/c1-3-4-11-9(13)8-5-7(10)6-12(8)2/h3,5-6H,1,4H2,2H3,(H,11,13). The molecule has 0 aliphatic rings. The Labute approximate surface area is 85.6 Å². The van der Waals surface area contributed by atoms with Crippen molar-refractivity contribution in [3.05, 3.63) is 35.1 Å². The first kappa shape index (κ1) is 10.1. The molecule has 0 aromatic carbocycles. The van der Waals surface area contributed by atoms with Crippen molar-refractivity contribution in [1.29, 1.82) is 0 Å². The summed E-state index contributed by atoms with van der Waals surface area (Å²) in [6.45, 7) is 4.01. The Kier molecular flexibility index (Phi) is 3.31. The Balaban J connectivity index is 2.76. The molecule has 0 spiro atoms. The highest BCUT2D eigenvalue weighted by Crippen LogP contribution is 2.13. The summed E-state index contributed by atoms with van der Waals surface area (Å²) in [4.78, 5) is 11.4. The zero-order chi connectivity index (χ0) is 9.84. The van der Waals surface area contributed by atoms with Gasteiger partial charge in [0, 0.05) is 24.3 Å². The van der Waals surface area contributed by atoms with Crippen LogP contribution < -0.4 is 5.32 Å². The van der Waals surface area contributed by atoms with E-state index in [2.05, 4.69) is 27.8 Å². The number of hydrogen-bond acceptors (Lipinski definition) is 1. The van der Waals surface area contributed by atoms with E-state index < -0.39 is 0 Å². The van der Waals surface area contributed by atoms with E-state index >= 15 is 0 Å². The Morgan fingerprint density at radius 1 is 1.85 bits per heavy atom. The smallest absolute Gasteiger partial charge is 0.268 e. The summed E-state index contributed by atoms with van der Waals surface area (Å²) >= 11 is 3.30. The lowest BCUT2D eigenvalue weighted by atomic mass is 10.4. The average Bonchev–Trinajstić information content (AvgIpc) is 2.41. The van der Waals surface area contributed by atoms with Crippen LogP contribution >= 0.6 is 15.9 Å². The van der Waals surface area contributed by atoms with Crippen LogP contribution in [0.15, 0.2) is 29.4 Å². The molecular weight excluding hydrogens is 232 g/mol. The van der Waals surface area contributed by atoms with E-state index in [-0.39, 0.29) is 5.91 Å². The number of aryl methyl sites for hydroxylation is 1. The van der Waals surface area contributed by atoms with E-state index in [1.807, 2.05) is 13.2 Å². The molecule has 0 saturated heterocycles. The van der Waals surface area contributed by atoms with Crippen molar-refractivity contribution in [3.63, 3.8) is 0 Å². The lowest BCUT2D eigenvalue weighted by Crippen LogP contribution is -2.25. The molecular formula is C9H11BrN2O. The summed E-state index contributed by atoms with van der Waals surface area (Å²) in [5, 5.41) is 2.70. The molecule has 1 aromatic heterocycles. The zero-order valence-corrected chi connectivity index (χ0v) is 8.97. The predicted octanol–water partition coefficient (Wildman–Crippen LogP) is 1.70. The second kappa shape index (κ2) is 4.28. The quantitative estimate of drug-likeness (QED) is 0.805. The molecule has 0 fully saturated rings. The zero-order valence-electron chi connectivity index (χ0n) is 7.38. The molecule has 0 bridgehead atoms. The van der Waals surface area contributed by atoms with Crippen LogP contribution in [-0.2, 0) is 7.05 Å². The van der Waals surface area contributed by atoms with Crippen molar-refractivity contribution in [1.82, 2.24) is 9.88 Å². The van der Waals surface area contributed by atoms with Gasteiger partial charge in [0.25, 0.3) is 5.91 Å². The first-order chi connectivity index (χ1) is 6.15. The third kappa shape index (κ3) is 2.45. The van der Waals surface area contributed by atoms with Gasteiger partial charge in [0.05, 0.1) is 0 Å². The lowest BCUT2D eigenvalue weighted by Gasteiger charge is -2.02. The normalized spacial score (nSPS) is 9.69. The Morgan fingerprint density at radius 2 is 2.54 bits per heavy atom. The number of carbonyl (C=O) groups is 1. The molecule has 1 rings (SSSR count). The van der Waals surface area contributed by atoms with Gasteiger partial charge < -0.3 is 9.88 Å². The van der Waals surface area contributed by atoms with Gasteiger partial charge in [-0.15, -0.1) is 6.58 Å². The van der Waals surface area contributed by atoms with Gasteiger partial charge in [0.1, 0.15) is 5.69 Å². The topological polar surface area (TPSA) is 34.0 Å². The van der Waals surface area contributed by atoms with E-state index in [4.69, 9.17) is 0 Å². The first-order valence-corrected chi connectivity index (χ1v) is 4.65. The number of hydrogen-bond donors (Lipinski definition) is 1. The maximum atomic E-state index is 11.4. The van der Waals surface area contributed by atoms with Gasteiger partial charge in [-0.25, -0.2) is 0 Å². The molecule has 0 aliphatic carbocycles. The molecule has 0 saturated carbocycles. The Bertz CT molecular complexity index is 330. The molecule has 13 heavy (non-hydrogen) atoms. The number of rotatable bonds is 3. The van der Waals surface area contributed by atoms with Gasteiger partial charge in [0.2, 0.25) is 0 Å². The maximum Gasteiger partial charge on any atom is 0.268 e. The van der Waals surface area contributed by atoms with E-state index in [1.165, 1.54) is 0 Å². The van der Waals surface area contributed by atoms with E-state index in [0.717, 1.165) is 4.47 Å². The molecule has 1 amide bonds. The fourth-order valence-corrected chi connectivity index (χ4v) is 1.53. The van der Waals surface area contributed by atoms with Gasteiger partial charge >= 0.3 is 0 Å². The van der Waals surface area contributed by atoms with Crippen LogP contribution in [0.5, 0.6) is 0 Å². The van der Waals surface area contributed by atoms with Crippen molar-refractivity contribution in [2.45, 2.75) is 0 Å². The predicted molar refractivity (Wildman–Crippen MR) is 55.6 cm³/mol. The molecule has 3 nitrogen and oxygen atoms in total. The number of halogens is 1. The third-order valence-electron chi connectivity index (χ3n) is 1.61. The van der Waals surface area contributed by atoms with E-state index in [0.29, 0.717) is 12.2 Å². The molecule has 1 N–H and O–H groups in total. The summed E-state index contributed by atoms with van der Waals surface area (Å²) in [6.07, 6.45) is 3.48. The van der Waals surface area contributed by atoms with Crippen LogP contribution in [0.1, 0.15) is 10.5 Å². The minimum atomic E-state index is -0.0897. The summed E-state index contributed by atoms with van der Waals surface area (Å²) < 4.78 is 2.67. The number of aromatic nitrogens is 1.